The predicted octanol–water partition coefficient (Wildman–Crippen LogP) is 4.03. The minimum atomic E-state index is -3.13. The van der Waals surface area contributed by atoms with Crippen LogP contribution in [-0.2, 0) is 16.7 Å². The van der Waals surface area contributed by atoms with Crippen molar-refractivity contribution >= 4 is 11.7 Å². The van der Waals surface area contributed by atoms with Crippen molar-refractivity contribution in [3.63, 3.8) is 0 Å². The van der Waals surface area contributed by atoms with Crippen molar-refractivity contribution in [2.45, 2.75) is 24.3 Å². The van der Waals surface area contributed by atoms with E-state index in [1.54, 1.807) is 24.3 Å². The first-order chi connectivity index (χ1) is 11.9. The zero-order chi connectivity index (χ0) is 17.7. The first-order valence-corrected chi connectivity index (χ1v) is 7.92. The lowest BCUT2D eigenvalue weighted by molar-refractivity contribution is -0.121. The van der Waals surface area contributed by atoms with Crippen LogP contribution in [0, 0.1) is 6.57 Å². The molecule has 2 aromatic rings. The number of alkyl halides is 2. The molecule has 0 unspecified atom stereocenters. The number of halogens is 2. The number of nitrogens with two attached hydrogens (primary N) is 1. The molecule has 2 aliphatic rings. The molecular weight excluding hydrogens is 324 g/mol. The third-order valence-corrected chi connectivity index (χ3v) is 4.93. The van der Waals surface area contributed by atoms with Gasteiger partial charge in [0.1, 0.15) is 0 Å². The molecule has 1 heterocycles. The quantitative estimate of drug-likeness (QED) is 0.798. The summed E-state index contributed by atoms with van der Waals surface area (Å²) in [4.78, 5) is 7.47. The second kappa shape index (κ2) is 5.28. The number of hydrogen-bond donors (Lipinski definition) is 1. The molecule has 126 valence electrons. The lowest BCUT2D eigenvalue weighted by Gasteiger charge is -2.37. The summed E-state index contributed by atoms with van der Waals surface area (Å²) in [5.41, 5.74) is 7.39. The largest absolute Gasteiger partial charge is 0.459 e. The van der Waals surface area contributed by atoms with Crippen LogP contribution in [0.5, 0.6) is 0 Å². The van der Waals surface area contributed by atoms with E-state index in [0.717, 1.165) is 16.7 Å². The molecule has 2 N–H and O–H groups in total. The van der Waals surface area contributed by atoms with Crippen LogP contribution in [0.15, 0.2) is 47.5 Å². The fourth-order valence-corrected chi connectivity index (χ4v) is 3.65. The van der Waals surface area contributed by atoms with Gasteiger partial charge in [-0.3, -0.25) is 0 Å². The molecule has 1 aliphatic heterocycles. The Kier molecular flexibility index (Phi) is 3.29. The third kappa shape index (κ3) is 2.27. The monoisotopic (exact) mass is 339 g/mol. The van der Waals surface area contributed by atoms with Crippen LogP contribution >= 0.6 is 0 Å². The Hall–Kier alpha value is -2.94. The molecule has 0 bridgehead atoms. The molecule has 0 saturated heterocycles. The predicted molar refractivity (Wildman–Crippen MR) is 90.7 cm³/mol. The molecular formula is C19H15F2N3O. The van der Waals surface area contributed by atoms with Gasteiger partial charge in [0.2, 0.25) is 0 Å². The van der Waals surface area contributed by atoms with Gasteiger partial charge in [0.05, 0.1) is 6.57 Å². The number of rotatable bonds is 1. The van der Waals surface area contributed by atoms with Crippen molar-refractivity contribution in [2.24, 2.45) is 10.7 Å². The Morgan fingerprint density at radius 1 is 1.16 bits per heavy atom. The SMILES string of the molecule is [C-]#[N+]c1cccc(-c2ccc3c(c2)[C@@]2(CC3)N=C(N)OCC2(F)F)c1. The van der Waals surface area contributed by atoms with Gasteiger partial charge in [0, 0.05) is 0 Å². The first kappa shape index (κ1) is 15.6. The molecule has 0 radical (unpaired) electrons. The lowest BCUT2D eigenvalue weighted by Crippen LogP contribution is -2.51. The molecule has 4 rings (SSSR count). The second-order valence-electron chi connectivity index (χ2n) is 6.34. The second-order valence-corrected chi connectivity index (χ2v) is 6.34. The molecule has 1 spiro atoms. The zero-order valence-electron chi connectivity index (χ0n) is 13.3. The molecule has 2 aromatic carbocycles. The van der Waals surface area contributed by atoms with Gasteiger partial charge in [0.15, 0.2) is 17.8 Å². The van der Waals surface area contributed by atoms with Gasteiger partial charge in [-0.25, -0.2) is 9.84 Å². The van der Waals surface area contributed by atoms with Crippen molar-refractivity contribution in [1.29, 1.82) is 0 Å². The highest BCUT2D eigenvalue weighted by Gasteiger charge is 2.60. The summed E-state index contributed by atoms with van der Waals surface area (Å²) in [6.45, 7) is 6.37. The highest BCUT2D eigenvalue weighted by molar-refractivity contribution is 5.75. The minimum Gasteiger partial charge on any atom is -0.459 e. The van der Waals surface area contributed by atoms with Crippen molar-refractivity contribution in [3.05, 3.63) is 65.0 Å². The number of benzene rings is 2. The Morgan fingerprint density at radius 3 is 2.76 bits per heavy atom. The average Bonchev–Trinajstić information content (AvgIpc) is 2.98. The Morgan fingerprint density at radius 2 is 1.96 bits per heavy atom. The van der Waals surface area contributed by atoms with Crippen LogP contribution in [0.25, 0.3) is 16.0 Å². The molecule has 6 heteroatoms. The fraction of sp³-hybridized carbons (Fsp3) is 0.263. The highest BCUT2D eigenvalue weighted by Crippen LogP contribution is 2.52. The van der Waals surface area contributed by atoms with Crippen LogP contribution in [0.1, 0.15) is 17.5 Å². The molecule has 0 amide bonds. The maximum Gasteiger partial charge on any atom is 0.310 e. The van der Waals surface area contributed by atoms with Gasteiger partial charge in [-0.05, 0) is 47.2 Å². The van der Waals surface area contributed by atoms with E-state index < -0.39 is 18.1 Å². The smallest absolute Gasteiger partial charge is 0.310 e. The number of amidine groups is 1. The van der Waals surface area contributed by atoms with Crippen molar-refractivity contribution in [2.75, 3.05) is 6.61 Å². The van der Waals surface area contributed by atoms with Gasteiger partial charge < -0.3 is 10.5 Å². The summed E-state index contributed by atoms with van der Waals surface area (Å²) in [6.07, 6.45) is 0.717. The summed E-state index contributed by atoms with van der Waals surface area (Å²) in [5, 5.41) is 0. The first-order valence-electron chi connectivity index (χ1n) is 7.92. The molecule has 4 nitrogen and oxygen atoms in total. The zero-order valence-corrected chi connectivity index (χ0v) is 13.3. The summed E-state index contributed by atoms with van der Waals surface area (Å²) < 4.78 is 34.3. The third-order valence-electron chi connectivity index (χ3n) is 4.93. The van der Waals surface area contributed by atoms with E-state index in [4.69, 9.17) is 17.0 Å². The molecule has 1 atom stereocenters. The van der Waals surface area contributed by atoms with Gasteiger partial charge in [-0.15, -0.1) is 0 Å². The Bertz CT molecular complexity index is 933. The van der Waals surface area contributed by atoms with E-state index in [9.17, 15) is 8.78 Å². The molecule has 0 aromatic heterocycles. The van der Waals surface area contributed by atoms with Crippen LogP contribution in [0.3, 0.4) is 0 Å². The van der Waals surface area contributed by atoms with E-state index in [1.165, 1.54) is 0 Å². The summed E-state index contributed by atoms with van der Waals surface area (Å²) in [5.74, 6) is -3.13. The number of nitrogens with zero attached hydrogens (tertiary/aromatic N) is 2. The maximum atomic E-state index is 14.7. The van der Waals surface area contributed by atoms with Crippen LogP contribution in [0.2, 0.25) is 0 Å². The number of ether oxygens (including phenoxy) is 1. The maximum absolute atomic E-state index is 14.7. The van der Waals surface area contributed by atoms with Crippen molar-refractivity contribution in [1.82, 2.24) is 0 Å². The molecule has 25 heavy (non-hydrogen) atoms. The van der Waals surface area contributed by atoms with Gasteiger partial charge in [-0.1, -0.05) is 30.3 Å². The summed E-state index contributed by atoms with van der Waals surface area (Å²) in [7, 11) is 0. The topological polar surface area (TPSA) is 52.0 Å². The lowest BCUT2D eigenvalue weighted by atomic mass is 9.84. The van der Waals surface area contributed by atoms with E-state index in [1.807, 2.05) is 18.2 Å². The van der Waals surface area contributed by atoms with E-state index in [2.05, 4.69) is 9.84 Å². The summed E-state index contributed by atoms with van der Waals surface area (Å²) in [6, 6.07) is 12.4. The summed E-state index contributed by atoms with van der Waals surface area (Å²) >= 11 is 0. The fourth-order valence-electron chi connectivity index (χ4n) is 3.65. The number of hydrogen-bond acceptors (Lipinski definition) is 3. The molecule has 0 fully saturated rings. The Balaban J connectivity index is 1.88. The molecule has 0 saturated carbocycles. The molecule has 1 aliphatic carbocycles. The minimum absolute atomic E-state index is 0.195. The number of aryl methyl sites for hydroxylation is 1. The average molecular weight is 339 g/mol. The van der Waals surface area contributed by atoms with Crippen LogP contribution in [0.4, 0.5) is 14.5 Å². The Labute approximate surface area is 143 Å². The van der Waals surface area contributed by atoms with E-state index >= 15 is 0 Å². The highest BCUT2D eigenvalue weighted by atomic mass is 19.3. The van der Waals surface area contributed by atoms with Crippen molar-refractivity contribution < 1.29 is 13.5 Å². The van der Waals surface area contributed by atoms with Gasteiger partial charge in [-0.2, -0.15) is 8.78 Å². The number of fused-ring (bicyclic) bond motifs is 2. The normalized spacial score (nSPS) is 23.5. The number of aliphatic imine (C=N–C) groups is 1. The van der Waals surface area contributed by atoms with E-state index in [0.29, 0.717) is 17.7 Å². The van der Waals surface area contributed by atoms with Gasteiger partial charge >= 0.3 is 5.92 Å². The standard InChI is InChI=1S/C19H15F2N3O/c1-23-15-4-2-3-13(9-15)14-6-5-12-7-8-18(16(12)10-14)19(20,21)11-25-17(22)24-18/h2-6,9-10H,7-8,11H2,(H2,22,24)/t18-/m1/s1. The van der Waals surface area contributed by atoms with Crippen LogP contribution < -0.4 is 5.73 Å². The van der Waals surface area contributed by atoms with Gasteiger partial charge in [0.25, 0.3) is 6.02 Å². The van der Waals surface area contributed by atoms with Crippen molar-refractivity contribution in [3.8, 4) is 11.1 Å². The van der Waals surface area contributed by atoms with Crippen LogP contribution in [-0.4, -0.2) is 18.6 Å². The van der Waals surface area contributed by atoms with E-state index in [-0.39, 0.29) is 12.4 Å².